The minimum atomic E-state index is -2.75. The summed E-state index contributed by atoms with van der Waals surface area (Å²) in [6.07, 6.45) is 10.5. The number of amides is 1. The highest BCUT2D eigenvalue weighted by atomic mass is 16.3. The van der Waals surface area contributed by atoms with Crippen LogP contribution in [0.1, 0.15) is 115 Å². The van der Waals surface area contributed by atoms with Crippen LogP contribution in [0, 0.1) is 23.7 Å². The van der Waals surface area contributed by atoms with Gasteiger partial charge in [-0.1, -0.05) is 78.4 Å². The minimum absolute atomic E-state index is 0.0651. The maximum atomic E-state index is 13.3. The van der Waals surface area contributed by atoms with Crippen molar-refractivity contribution in [3.8, 4) is 5.75 Å². The van der Waals surface area contributed by atoms with Crippen molar-refractivity contribution in [3.05, 3.63) is 52.0 Å². The molecule has 13 nitrogen and oxygen atoms in total. The van der Waals surface area contributed by atoms with Gasteiger partial charge in [-0.15, -0.1) is 0 Å². The molecule has 2 unspecified atom stereocenters. The minimum Gasteiger partial charge on any atom is -0.510 e. The number of likely N-dealkylation sites (N-methyl/N-ethyl adjacent to an activating group) is 1. The van der Waals surface area contributed by atoms with Gasteiger partial charge in [-0.3, -0.25) is 29.1 Å². The number of Topliss-reactive ketones (excluding diaryl/α,β-unsaturated/α-hetero) is 2. The predicted molar refractivity (Wildman–Crippen MR) is 217 cm³/mol. The van der Waals surface area contributed by atoms with E-state index in [1.807, 2.05) is 0 Å². The summed E-state index contributed by atoms with van der Waals surface area (Å²) in [6, 6.07) is 3.05. The van der Waals surface area contributed by atoms with E-state index in [1.54, 1.807) is 0 Å². The van der Waals surface area contributed by atoms with E-state index in [-0.39, 0.29) is 23.1 Å². The van der Waals surface area contributed by atoms with Crippen LogP contribution in [0.2, 0.25) is 0 Å². The molecular formula is C43H69N5O8. The molecule has 7 atom stereocenters. The van der Waals surface area contributed by atoms with Crippen molar-refractivity contribution in [2.45, 2.75) is 122 Å². The number of phenols is 1. The number of hydrogen-bond donors (Lipinski definition) is 7. The molecule has 1 aliphatic heterocycles. The van der Waals surface area contributed by atoms with Gasteiger partial charge < -0.3 is 37.0 Å². The van der Waals surface area contributed by atoms with Gasteiger partial charge in [0.1, 0.15) is 22.8 Å². The van der Waals surface area contributed by atoms with Crippen LogP contribution in [0.25, 0.3) is 0 Å². The number of nitrogens with zero attached hydrogens (tertiary/aromatic N) is 3. The molecule has 1 aromatic carbocycles. The first-order chi connectivity index (χ1) is 26.2. The molecule has 0 radical (unpaired) electrons. The lowest BCUT2D eigenvalue weighted by atomic mass is 9.55. The molecule has 4 aliphatic rings. The number of phenolic OH excluding ortho intramolecular Hbond substituents is 1. The second kappa shape index (κ2) is 18.1. The van der Waals surface area contributed by atoms with E-state index in [2.05, 4.69) is 44.4 Å². The van der Waals surface area contributed by atoms with Gasteiger partial charge in [0.25, 0.3) is 5.91 Å². The highest BCUT2D eigenvalue weighted by molar-refractivity contribution is 6.24. The summed E-state index contributed by atoms with van der Waals surface area (Å²) in [7, 11) is 3.06. The van der Waals surface area contributed by atoms with E-state index < -0.39 is 75.0 Å². The van der Waals surface area contributed by atoms with Crippen molar-refractivity contribution in [2.24, 2.45) is 35.1 Å². The summed E-state index contributed by atoms with van der Waals surface area (Å²) in [6.45, 7) is 18.6. The number of carbonyl (C=O) groups excluding carboxylic acids is 3. The Morgan fingerprint density at radius 2 is 1.46 bits per heavy atom. The lowest BCUT2D eigenvalue weighted by Crippen LogP contribution is -2.65. The van der Waals surface area contributed by atoms with Crippen molar-refractivity contribution in [3.63, 3.8) is 0 Å². The van der Waals surface area contributed by atoms with E-state index in [1.165, 1.54) is 109 Å². The quantitative estimate of drug-likeness (QED) is 0.130. The van der Waals surface area contributed by atoms with Gasteiger partial charge in [0.2, 0.25) is 5.78 Å². The smallest absolute Gasteiger partial charge is 0.255 e. The number of aromatic hydroxyl groups is 1. The third-order valence-electron chi connectivity index (χ3n) is 12.7. The SMILES string of the molecule is CCCCC(CC)CN1CN(CC(CC)CCCC)CC(C)(N)C1.CN(C)[C@@H]1C(O)=C(C(N)=O)C(=O)[C@@]2(O)C(O)=C3C(=O)c4c(O)cccc4[C@@](C)(O)[C@H]3C[C@@H]12. The van der Waals surface area contributed by atoms with Gasteiger partial charge in [0.05, 0.1) is 23.9 Å². The number of fused-ring (bicyclic) bond motifs is 3. The van der Waals surface area contributed by atoms with Gasteiger partial charge >= 0.3 is 0 Å². The first-order valence-corrected chi connectivity index (χ1v) is 20.6. The van der Waals surface area contributed by atoms with E-state index in [0.717, 1.165) is 31.6 Å². The zero-order valence-corrected chi connectivity index (χ0v) is 35.0. The van der Waals surface area contributed by atoms with Crippen LogP contribution >= 0.6 is 0 Å². The highest BCUT2D eigenvalue weighted by Crippen LogP contribution is 2.56. The zero-order chi connectivity index (χ0) is 41.9. The standard InChI is InChI=1S/C22H24N2O8.C21H45N3/c1-21(31)8-5-4-6-11(25)12(8)16(26)13-9(21)7-10-15(24(2)3)17(27)14(20(23)30)19(29)22(10,32)18(13)28;1-6-10-12-19(8-3)14-23-16-21(5,22)17-24(18-23)15-20(9-4)13-11-7-2/h4-6,9-10,15,25,27-28,31-32H,7H2,1-3H3,(H2,23,30);19-20H,6-18,22H2,1-5H3/t9-,10-,15-,21+,22-;/m0./s1. The molecule has 0 spiro atoms. The number of rotatable bonds is 14. The lowest BCUT2D eigenvalue weighted by molar-refractivity contribution is -0.151. The third kappa shape index (κ3) is 8.88. The number of carbonyl (C=O) groups is 3. The first-order valence-electron chi connectivity index (χ1n) is 20.6. The molecule has 314 valence electrons. The summed E-state index contributed by atoms with van der Waals surface area (Å²) >= 11 is 0. The maximum absolute atomic E-state index is 13.3. The Morgan fingerprint density at radius 1 is 0.929 bits per heavy atom. The maximum Gasteiger partial charge on any atom is 0.255 e. The number of aliphatic hydroxyl groups is 4. The third-order valence-corrected chi connectivity index (χ3v) is 12.7. The molecule has 1 fully saturated rings. The molecule has 0 aromatic heterocycles. The second-order valence-corrected chi connectivity index (χ2v) is 17.6. The van der Waals surface area contributed by atoms with E-state index in [4.69, 9.17) is 11.5 Å². The number of ketones is 2. The molecule has 9 N–H and O–H groups in total. The Kier molecular flexibility index (Phi) is 14.6. The molecule has 1 saturated heterocycles. The molecule has 3 aliphatic carbocycles. The Balaban J connectivity index is 0.000000261. The first kappa shape index (κ1) is 45.4. The zero-order valence-electron chi connectivity index (χ0n) is 35.0. The number of aliphatic hydroxyl groups excluding tert-OH is 2. The van der Waals surface area contributed by atoms with Crippen LogP contribution in [0.3, 0.4) is 0 Å². The number of nitrogens with two attached hydrogens (primary N) is 2. The van der Waals surface area contributed by atoms with Gasteiger partial charge in [-0.2, -0.15) is 0 Å². The Hall–Kier alpha value is -3.33. The van der Waals surface area contributed by atoms with Crippen LogP contribution in [0.5, 0.6) is 5.75 Å². The summed E-state index contributed by atoms with van der Waals surface area (Å²) in [5.41, 5.74) is 5.89. The van der Waals surface area contributed by atoms with Gasteiger partial charge in [0, 0.05) is 49.1 Å². The lowest BCUT2D eigenvalue weighted by Gasteiger charge is -2.52. The second-order valence-electron chi connectivity index (χ2n) is 17.6. The fraction of sp³-hybridized carbons (Fsp3) is 0.698. The molecule has 5 rings (SSSR count). The van der Waals surface area contributed by atoms with Crippen molar-refractivity contribution in [1.29, 1.82) is 0 Å². The fourth-order valence-electron chi connectivity index (χ4n) is 9.77. The van der Waals surface area contributed by atoms with Crippen molar-refractivity contribution in [1.82, 2.24) is 14.7 Å². The van der Waals surface area contributed by atoms with Crippen molar-refractivity contribution < 1.29 is 39.9 Å². The molecule has 56 heavy (non-hydrogen) atoms. The molecule has 0 bridgehead atoms. The topological polar surface area (TPSA) is 214 Å². The summed E-state index contributed by atoms with van der Waals surface area (Å²) in [4.78, 5) is 45.1. The molecule has 1 aromatic rings. The predicted octanol–water partition coefficient (Wildman–Crippen LogP) is 4.50. The van der Waals surface area contributed by atoms with E-state index in [9.17, 15) is 39.9 Å². The monoisotopic (exact) mass is 784 g/mol. The normalized spacial score (nSPS) is 30.7. The van der Waals surface area contributed by atoms with Crippen molar-refractivity contribution >= 4 is 17.5 Å². The Morgan fingerprint density at radius 3 is 1.93 bits per heavy atom. The summed E-state index contributed by atoms with van der Waals surface area (Å²) in [5.74, 6) is -6.22. The Bertz CT molecular complexity index is 1640. The van der Waals surface area contributed by atoms with Crippen molar-refractivity contribution in [2.75, 3.05) is 46.9 Å². The van der Waals surface area contributed by atoms with Gasteiger partial charge in [-0.05, 0) is 70.7 Å². The number of benzene rings is 1. The van der Waals surface area contributed by atoms with Crippen LogP contribution in [0.15, 0.2) is 40.9 Å². The van der Waals surface area contributed by atoms with Crippen LogP contribution in [0.4, 0.5) is 0 Å². The van der Waals surface area contributed by atoms with Gasteiger partial charge in [0.15, 0.2) is 11.4 Å². The number of primary amides is 1. The summed E-state index contributed by atoms with van der Waals surface area (Å²) < 4.78 is 0. The molecule has 1 amide bonds. The highest BCUT2D eigenvalue weighted by Gasteiger charge is 2.65. The largest absolute Gasteiger partial charge is 0.510 e. The number of hydrogen-bond acceptors (Lipinski definition) is 12. The molecule has 0 saturated carbocycles. The molecular weight excluding hydrogens is 714 g/mol. The van der Waals surface area contributed by atoms with Crippen LogP contribution < -0.4 is 11.5 Å². The fourth-order valence-corrected chi connectivity index (χ4v) is 9.77. The molecule has 1 heterocycles. The van der Waals surface area contributed by atoms with Gasteiger partial charge in [-0.25, -0.2) is 0 Å². The van der Waals surface area contributed by atoms with E-state index >= 15 is 0 Å². The molecule has 13 heteroatoms. The van der Waals surface area contributed by atoms with Crippen LogP contribution in [-0.2, 0) is 15.2 Å². The average Bonchev–Trinajstić information content (AvgIpc) is 3.11. The van der Waals surface area contributed by atoms with E-state index in [0.29, 0.717) is 0 Å². The average molecular weight is 784 g/mol. The summed E-state index contributed by atoms with van der Waals surface area (Å²) in [5, 5.41) is 55.0. The van der Waals surface area contributed by atoms with Crippen LogP contribution in [-0.4, -0.2) is 122 Å². The number of unbranched alkanes of at least 4 members (excludes halogenated alkanes) is 2. The Labute approximate surface area is 333 Å².